The van der Waals surface area contributed by atoms with Crippen molar-refractivity contribution in [3.63, 3.8) is 0 Å². The van der Waals surface area contributed by atoms with E-state index < -0.39 is 0 Å². The molecule has 4 rings (SSSR count). The van der Waals surface area contributed by atoms with Crippen molar-refractivity contribution < 1.29 is 5.11 Å². The Morgan fingerprint density at radius 1 is 1.15 bits per heavy atom. The lowest BCUT2D eigenvalue weighted by Crippen LogP contribution is -2.26. The van der Waals surface area contributed by atoms with Crippen molar-refractivity contribution in [1.29, 1.82) is 5.41 Å². The summed E-state index contributed by atoms with van der Waals surface area (Å²) in [7, 11) is 0. The Labute approximate surface area is 152 Å². The van der Waals surface area contributed by atoms with Gasteiger partial charge in [-0.3, -0.25) is 5.41 Å². The number of hydrogen-bond donors (Lipinski definition) is 3. The minimum absolute atomic E-state index is 0.165. The molecule has 2 aromatic carbocycles. The molecule has 0 amide bonds. The average molecular weight is 346 g/mol. The van der Waals surface area contributed by atoms with E-state index in [2.05, 4.69) is 35.9 Å². The fourth-order valence-corrected chi connectivity index (χ4v) is 3.33. The summed E-state index contributed by atoms with van der Waals surface area (Å²) in [5.41, 5.74) is 5.50. The van der Waals surface area contributed by atoms with Gasteiger partial charge in [0.25, 0.3) is 0 Å². The van der Waals surface area contributed by atoms with Crippen molar-refractivity contribution in [2.24, 2.45) is 0 Å². The van der Waals surface area contributed by atoms with Crippen molar-refractivity contribution >= 4 is 28.1 Å². The summed E-state index contributed by atoms with van der Waals surface area (Å²) in [4.78, 5) is 9.60. The zero-order chi connectivity index (χ0) is 18.4. The Balaban J connectivity index is 1.67. The minimum atomic E-state index is 0.165. The van der Waals surface area contributed by atoms with E-state index >= 15 is 0 Å². The zero-order valence-electron chi connectivity index (χ0n) is 15.2. The Bertz CT molecular complexity index is 1030. The highest BCUT2D eigenvalue weighted by Gasteiger charge is 2.31. The number of hydrogen-bond acceptors (Lipinski definition) is 3. The van der Waals surface area contributed by atoms with Crippen LogP contribution in [0.15, 0.2) is 48.2 Å². The van der Waals surface area contributed by atoms with Crippen molar-refractivity contribution in [2.75, 3.05) is 11.4 Å². The van der Waals surface area contributed by atoms with Gasteiger partial charge >= 0.3 is 0 Å². The summed E-state index contributed by atoms with van der Waals surface area (Å²) >= 11 is 0. The van der Waals surface area contributed by atoms with E-state index in [9.17, 15) is 5.11 Å². The van der Waals surface area contributed by atoms with E-state index in [1.165, 1.54) is 5.56 Å². The number of rotatable bonds is 3. The third-order valence-electron chi connectivity index (χ3n) is 4.85. The van der Waals surface area contributed by atoms with Crippen LogP contribution in [0.5, 0.6) is 0 Å². The number of aromatic nitrogens is 2. The van der Waals surface area contributed by atoms with Gasteiger partial charge in [0, 0.05) is 5.69 Å². The van der Waals surface area contributed by atoms with Crippen LogP contribution in [0.25, 0.3) is 16.6 Å². The lowest BCUT2D eigenvalue weighted by molar-refractivity contribution is 0.411. The molecule has 2 heterocycles. The summed E-state index contributed by atoms with van der Waals surface area (Å²) in [6.45, 7) is 6.62. The van der Waals surface area contributed by atoms with Crippen molar-refractivity contribution in [3.05, 3.63) is 65.2 Å². The number of anilines is 1. The topological polar surface area (TPSA) is 76.0 Å². The number of nitrogens with one attached hydrogen (secondary N) is 2. The second-order valence-corrected chi connectivity index (χ2v) is 7.11. The molecule has 0 fully saturated rings. The molecule has 0 spiro atoms. The highest BCUT2D eigenvalue weighted by atomic mass is 16.3. The molecular formula is C21H22N4O. The predicted octanol–water partition coefficient (Wildman–Crippen LogP) is 4.76. The first kappa shape index (κ1) is 16.4. The summed E-state index contributed by atoms with van der Waals surface area (Å²) in [6, 6.07) is 14.1. The molecule has 1 aromatic heterocycles. The summed E-state index contributed by atoms with van der Waals surface area (Å²) < 4.78 is 0. The van der Waals surface area contributed by atoms with Gasteiger partial charge in [-0.25, -0.2) is 4.98 Å². The first-order chi connectivity index (χ1) is 12.4. The lowest BCUT2D eigenvalue weighted by atomic mass is 10.0. The van der Waals surface area contributed by atoms with Gasteiger partial charge in [0.1, 0.15) is 17.4 Å². The Kier molecular flexibility index (Phi) is 3.80. The molecule has 132 valence electrons. The Morgan fingerprint density at radius 2 is 1.88 bits per heavy atom. The van der Waals surface area contributed by atoms with Crippen molar-refractivity contribution in [1.82, 2.24) is 9.97 Å². The van der Waals surface area contributed by atoms with Crippen LogP contribution < -0.4 is 4.90 Å². The van der Waals surface area contributed by atoms with Gasteiger partial charge < -0.3 is 15.0 Å². The van der Waals surface area contributed by atoms with Gasteiger partial charge in [-0.2, -0.15) is 0 Å². The largest absolute Gasteiger partial charge is 0.509 e. The maximum Gasteiger partial charge on any atom is 0.145 e. The number of fused-ring (bicyclic) bond motifs is 1. The highest BCUT2D eigenvalue weighted by molar-refractivity contribution is 6.30. The molecule has 3 N–H and O–H groups in total. The van der Waals surface area contributed by atoms with E-state index in [1.54, 1.807) is 4.90 Å². The molecule has 0 radical (unpaired) electrons. The monoisotopic (exact) mass is 346 g/mol. The van der Waals surface area contributed by atoms with Crippen LogP contribution in [-0.2, 0) is 0 Å². The van der Waals surface area contributed by atoms with E-state index in [0.717, 1.165) is 22.3 Å². The van der Waals surface area contributed by atoms with Crippen LogP contribution >= 0.6 is 0 Å². The number of imidazole rings is 1. The zero-order valence-corrected chi connectivity index (χ0v) is 15.2. The molecule has 1 aliphatic heterocycles. The number of aliphatic hydroxyl groups excluding tert-OH is 1. The molecule has 0 bridgehead atoms. The van der Waals surface area contributed by atoms with E-state index in [4.69, 9.17) is 5.41 Å². The number of amidine groups is 1. The van der Waals surface area contributed by atoms with Gasteiger partial charge in [0.15, 0.2) is 0 Å². The van der Waals surface area contributed by atoms with Crippen molar-refractivity contribution in [2.45, 2.75) is 26.7 Å². The maximum atomic E-state index is 10.5. The fraction of sp³-hybridized carbons (Fsp3) is 0.238. The van der Waals surface area contributed by atoms with Gasteiger partial charge in [-0.15, -0.1) is 0 Å². The Morgan fingerprint density at radius 3 is 2.58 bits per heavy atom. The maximum absolute atomic E-state index is 10.5. The van der Waals surface area contributed by atoms with Crippen LogP contribution in [0, 0.1) is 12.3 Å². The summed E-state index contributed by atoms with van der Waals surface area (Å²) in [5, 5.41) is 19.1. The van der Waals surface area contributed by atoms with Crippen LogP contribution in [0.4, 0.5) is 5.69 Å². The number of aromatic amines is 1. The standard InChI is InChI=1S/C21H22N4O/c1-12(2)14-5-7-15(8-6-14)25-11-18(26)19(20(25)22)21-23-16-9-4-13(3)10-17(16)24-21/h4-10,12,22,26H,11H2,1-3H3,(H,23,24). The van der Waals surface area contributed by atoms with E-state index in [1.807, 2.05) is 37.3 Å². The summed E-state index contributed by atoms with van der Waals surface area (Å²) in [6.07, 6.45) is 0. The number of benzene rings is 2. The third kappa shape index (κ3) is 2.65. The molecule has 1 aliphatic rings. The third-order valence-corrected chi connectivity index (χ3v) is 4.85. The minimum Gasteiger partial charge on any atom is -0.509 e. The highest BCUT2D eigenvalue weighted by Crippen LogP contribution is 2.31. The SMILES string of the molecule is Cc1ccc2nc(C3=C(O)CN(c4ccc(C(C)C)cc4)C3=N)[nH]c2c1. The molecule has 0 saturated carbocycles. The van der Waals surface area contributed by atoms with Crippen LogP contribution in [0.1, 0.15) is 36.7 Å². The van der Waals surface area contributed by atoms with E-state index in [-0.39, 0.29) is 18.1 Å². The quantitative estimate of drug-likeness (QED) is 0.640. The predicted molar refractivity (Wildman–Crippen MR) is 106 cm³/mol. The smallest absolute Gasteiger partial charge is 0.145 e. The van der Waals surface area contributed by atoms with Crippen LogP contribution in [0.3, 0.4) is 0 Å². The average Bonchev–Trinajstić information content (AvgIpc) is 3.14. The van der Waals surface area contributed by atoms with Crippen molar-refractivity contribution in [3.8, 4) is 0 Å². The Hall–Kier alpha value is -3.08. The van der Waals surface area contributed by atoms with Gasteiger partial charge in [0.2, 0.25) is 0 Å². The molecule has 0 unspecified atom stereocenters. The summed E-state index contributed by atoms with van der Waals surface area (Å²) in [5.74, 6) is 1.42. The van der Waals surface area contributed by atoms with Crippen LogP contribution in [0.2, 0.25) is 0 Å². The molecular weight excluding hydrogens is 324 g/mol. The number of nitrogens with zero attached hydrogens (tertiary/aromatic N) is 2. The number of H-pyrrole nitrogens is 1. The molecule has 0 saturated heterocycles. The molecule has 0 aliphatic carbocycles. The van der Waals surface area contributed by atoms with E-state index in [0.29, 0.717) is 17.3 Å². The first-order valence-corrected chi connectivity index (χ1v) is 8.79. The molecule has 0 atom stereocenters. The van der Waals surface area contributed by atoms with Crippen LogP contribution in [-0.4, -0.2) is 27.5 Å². The molecule has 5 heteroatoms. The second kappa shape index (κ2) is 6.02. The van der Waals surface area contributed by atoms with Gasteiger partial charge in [-0.05, 0) is 48.2 Å². The molecule has 26 heavy (non-hydrogen) atoms. The molecule has 3 aromatic rings. The lowest BCUT2D eigenvalue weighted by Gasteiger charge is -2.19. The second-order valence-electron chi connectivity index (χ2n) is 7.11. The number of aliphatic hydroxyl groups is 1. The first-order valence-electron chi connectivity index (χ1n) is 8.79. The van der Waals surface area contributed by atoms with Gasteiger partial charge in [-0.1, -0.05) is 32.0 Å². The normalized spacial score (nSPS) is 14.9. The molecule has 5 nitrogen and oxygen atoms in total. The fourth-order valence-electron chi connectivity index (χ4n) is 3.33. The number of aryl methyl sites for hydroxylation is 1. The van der Waals surface area contributed by atoms with Gasteiger partial charge in [0.05, 0.1) is 23.2 Å².